The molecule has 0 spiro atoms. The molecule has 2 atom stereocenters. The Bertz CT molecular complexity index is 747. The maximum Gasteiger partial charge on any atom is 0.163 e. The molecule has 25 heavy (non-hydrogen) atoms. The van der Waals surface area contributed by atoms with E-state index in [0.717, 1.165) is 30.4 Å². The molecule has 0 bridgehead atoms. The van der Waals surface area contributed by atoms with Gasteiger partial charge in [-0.3, -0.25) is 9.59 Å². The molecule has 0 saturated heterocycles. The number of aryl methyl sites for hydroxylation is 1. The van der Waals surface area contributed by atoms with Gasteiger partial charge in [-0.05, 0) is 37.5 Å². The van der Waals surface area contributed by atoms with Crippen molar-refractivity contribution in [3.63, 3.8) is 0 Å². The van der Waals surface area contributed by atoms with E-state index in [-0.39, 0.29) is 17.6 Å². The molecule has 0 N–H and O–H groups in total. The Morgan fingerprint density at radius 1 is 1.08 bits per heavy atom. The highest BCUT2D eigenvalue weighted by Crippen LogP contribution is 2.37. The van der Waals surface area contributed by atoms with Crippen LogP contribution < -0.4 is 0 Å². The van der Waals surface area contributed by atoms with E-state index >= 15 is 0 Å². The number of ketones is 2. The highest BCUT2D eigenvalue weighted by atomic mass is 35.5. The largest absolute Gasteiger partial charge is 0.299 e. The average molecular weight is 355 g/mol. The molecule has 2 aromatic rings. The standard InChI is InChI=1S/C22H23ClO2/c1-15-6-8-17(9-7-15)22(25)14-20(16-10-12-18(23)13-11-16)19-4-2-3-5-21(19)24/h6-13,19-20H,2-5,14H2,1H3. The molecule has 0 aliphatic heterocycles. The smallest absolute Gasteiger partial charge is 0.163 e. The van der Waals surface area contributed by atoms with Crippen LogP contribution in [0.5, 0.6) is 0 Å². The molecule has 0 aromatic heterocycles. The second-order valence-electron chi connectivity index (χ2n) is 6.97. The third-order valence-electron chi connectivity index (χ3n) is 5.16. The van der Waals surface area contributed by atoms with Crippen molar-refractivity contribution in [3.05, 3.63) is 70.2 Å². The van der Waals surface area contributed by atoms with Crippen LogP contribution in [0.25, 0.3) is 0 Å². The maximum atomic E-state index is 12.8. The second-order valence-corrected chi connectivity index (χ2v) is 7.41. The van der Waals surface area contributed by atoms with Crippen molar-refractivity contribution in [1.29, 1.82) is 0 Å². The van der Waals surface area contributed by atoms with Gasteiger partial charge in [0.05, 0.1) is 0 Å². The minimum absolute atomic E-state index is 0.0654. The summed E-state index contributed by atoms with van der Waals surface area (Å²) in [5.74, 6) is 0.254. The molecule has 2 aromatic carbocycles. The van der Waals surface area contributed by atoms with E-state index in [1.54, 1.807) is 0 Å². The third kappa shape index (κ3) is 4.38. The van der Waals surface area contributed by atoms with Gasteiger partial charge >= 0.3 is 0 Å². The fraction of sp³-hybridized carbons (Fsp3) is 0.364. The van der Waals surface area contributed by atoms with Crippen molar-refractivity contribution in [2.24, 2.45) is 5.92 Å². The lowest BCUT2D eigenvalue weighted by Crippen LogP contribution is -2.27. The van der Waals surface area contributed by atoms with Gasteiger partial charge in [-0.2, -0.15) is 0 Å². The fourth-order valence-corrected chi connectivity index (χ4v) is 3.82. The lowest BCUT2D eigenvalue weighted by molar-refractivity contribution is -0.125. The summed E-state index contributed by atoms with van der Waals surface area (Å²) in [5, 5.41) is 0.669. The first-order valence-electron chi connectivity index (χ1n) is 8.92. The van der Waals surface area contributed by atoms with E-state index in [1.807, 2.05) is 55.5 Å². The number of rotatable bonds is 5. The minimum atomic E-state index is -0.0705. The number of benzene rings is 2. The second kappa shape index (κ2) is 7.97. The molecule has 0 amide bonds. The van der Waals surface area contributed by atoms with Gasteiger partial charge < -0.3 is 0 Å². The van der Waals surface area contributed by atoms with Gasteiger partial charge in [0.1, 0.15) is 5.78 Å². The molecule has 3 heteroatoms. The number of carbonyl (C=O) groups is 2. The minimum Gasteiger partial charge on any atom is -0.299 e. The van der Waals surface area contributed by atoms with Crippen LogP contribution in [-0.4, -0.2) is 11.6 Å². The van der Waals surface area contributed by atoms with Gasteiger partial charge in [0.2, 0.25) is 0 Å². The summed E-state index contributed by atoms with van der Waals surface area (Å²) in [6.45, 7) is 2.01. The van der Waals surface area contributed by atoms with Crippen molar-refractivity contribution in [3.8, 4) is 0 Å². The molecular weight excluding hydrogens is 332 g/mol. The number of hydrogen-bond acceptors (Lipinski definition) is 2. The zero-order valence-corrected chi connectivity index (χ0v) is 15.3. The Morgan fingerprint density at radius 3 is 2.40 bits per heavy atom. The number of hydrogen-bond donors (Lipinski definition) is 0. The lowest BCUT2D eigenvalue weighted by Gasteiger charge is -2.29. The van der Waals surface area contributed by atoms with Crippen molar-refractivity contribution in [2.45, 2.75) is 44.9 Å². The van der Waals surface area contributed by atoms with Gasteiger partial charge in [0, 0.05) is 35.3 Å². The maximum absolute atomic E-state index is 12.8. The highest BCUT2D eigenvalue weighted by molar-refractivity contribution is 6.30. The van der Waals surface area contributed by atoms with E-state index < -0.39 is 0 Å². The Labute approximate surface area is 154 Å². The summed E-state index contributed by atoms with van der Waals surface area (Å²) in [7, 11) is 0. The first-order chi connectivity index (χ1) is 12.0. The molecule has 3 rings (SSSR count). The van der Waals surface area contributed by atoms with E-state index in [2.05, 4.69) is 0 Å². The highest BCUT2D eigenvalue weighted by Gasteiger charge is 2.32. The molecule has 2 unspecified atom stereocenters. The number of Topliss-reactive ketones (excluding diaryl/α,β-unsaturated/α-hetero) is 2. The summed E-state index contributed by atoms with van der Waals surface area (Å²) in [5.41, 5.74) is 2.88. The SMILES string of the molecule is Cc1ccc(C(=O)CC(c2ccc(Cl)cc2)C2CCCCC2=O)cc1. The zero-order valence-electron chi connectivity index (χ0n) is 14.5. The Morgan fingerprint density at radius 2 is 1.76 bits per heavy atom. The number of carbonyl (C=O) groups excluding carboxylic acids is 2. The van der Waals surface area contributed by atoms with Crippen molar-refractivity contribution in [1.82, 2.24) is 0 Å². The van der Waals surface area contributed by atoms with Gasteiger partial charge in [0.25, 0.3) is 0 Å². The molecule has 1 aliphatic carbocycles. The lowest BCUT2D eigenvalue weighted by atomic mass is 9.73. The average Bonchev–Trinajstić information content (AvgIpc) is 2.62. The summed E-state index contributed by atoms with van der Waals surface area (Å²) >= 11 is 6.01. The van der Waals surface area contributed by atoms with Gasteiger partial charge in [0.15, 0.2) is 5.78 Å². The molecular formula is C22H23ClO2. The molecule has 0 radical (unpaired) electrons. The molecule has 130 valence electrons. The predicted molar refractivity (Wildman–Crippen MR) is 101 cm³/mol. The van der Waals surface area contributed by atoms with Crippen molar-refractivity contribution < 1.29 is 9.59 Å². The molecule has 0 heterocycles. The number of halogens is 1. The van der Waals surface area contributed by atoms with E-state index in [1.165, 1.54) is 0 Å². The van der Waals surface area contributed by atoms with Crippen LogP contribution in [0.15, 0.2) is 48.5 Å². The topological polar surface area (TPSA) is 34.1 Å². The van der Waals surface area contributed by atoms with Gasteiger partial charge in [-0.25, -0.2) is 0 Å². The van der Waals surface area contributed by atoms with Crippen LogP contribution in [0.4, 0.5) is 0 Å². The Kier molecular flexibility index (Phi) is 5.70. The van der Waals surface area contributed by atoms with E-state index in [9.17, 15) is 9.59 Å². The van der Waals surface area contributed by atoms with Gasteiger partial charge in [-0.1, -0.05) is 60.0 Å². The normalized spacial score (nSPS) is 18.8. The van der Waals surface area contributed by atoms with Crippen LogP contribution in [0.1, 0.15) is 59.5 Å². The molecule has 1 saturated carbocycles. The molecule has 2 nitrogen and oxygen atoms in total. The van der Waals surface area contributed by atoms with Crippen LogP contribution in [-0.2, 0) is 4.79 Å². The summed E-state index contributed by atoms with van der Waals surface area (Å²) in [6, 6.07) is 15.3. The van der Waals surface area contributed by atoms with Crippen LogP contribution in [0.3, 0.4) is 0 Å². The first-order valence-corrected chi connectivity index (χ1v) is 9.30. The van der Waals surface area contributed by atoms with Crippen LogP contribution in [0, 0.1) is 12.8 Å². The summed E-state index contributed by atoms with van der Waals surface area (Å²) in [6.07, 6.45) is 3.88. The third-order valence-corrected chi connectivity index (χ3v) is 5.42. The van der Waals surface area contributed by atoms with Crippen molar-refractivity contribution in [2.75, 3.05) is 0 Å². The predicted octanol–water partition coefficient (Wildman–Crippen LogP) is 5.76. The fourth-order valence-electron chi connectivity index (χ4n) is 3.69. The van der Waals surface area contributed by atoms with Gasteiger partial charge in [-0.15, -0.1) is 0 Å². The van der Waals surface area contributed by atoms with Crippen LogP contribution >= 0.6 is 11.6 Å². The zero-order chi connectivity index (χ0) is 17.8. The first kappa shape index (κ1) is 17.9. The molecule has 1 fully saturated rings. The van der Waals surface area contributed by atoms with Crippen molar-refractivity contribution >= 4 is 23.2 Å². The van der Waals surface area contributed by atoms with E-state index in [4.69, 9.17) is 11.6 Å². The monoisotopic (exact) mass is 354 g/mol. The summed E-state index contributed by atoms with van der Waals surface area (Å²) < 4.78 is 0. The Hall–Kier alpha value is -1.93. The van der Waals surface area contributed by atoms with E-state index in [0.29, 0.717) is 29.2 Å². The summed E-state index contributed by atoms with van der Waals surface area (Å²) in [4.78, 5) is 25.3. The molecule has 1 aliphatic rings. The Balaban J connectivity index is 1.87. The quantitative estimate of drug-likeness (QED) is 0.639. The van der Waals surface area contributed by atoms with Crippen LogP contribution in [0.2, 0.25) is 5.02 Å².